The van der Waals surface area contributed by atoms with E-state index >= 15 is 0 Å². The molecule has 0 bridgehead atoms. The van der Waals surface area contributed by atoms with Crippen LogP contribution >= 0.6 is 0 Å². The van der Waals surface area contributed by atoms with Crippen molar-refractivity contribution < 1.29 is 44.1 Å². The van der Waals surface area contributed by atoms with Crippen LogP contribution in [0.1, 0.15) is 66.4 Å². The standard InChI is InChI=1S/C69H56N4O.Pt/c1-68(2,3)44-52-41-66(70-45-61(52)50-32-35-53(36-33-50)69(4,5)6)73-62-39-34-51(47-20-10-7-11-21-47)40-60(62)59-38-37-56(43-65(59)73)74-55-27-18-26-54(42-55)71-46-72(64-31-17-16-30-63(64)71)67-57(48-22-12-8-13-23-48)28-19-29-58(67)49-24-14-9-15-25-49;/h7-41,45H,44H2,1-6H3;/q-2;/i8D,9D,12D,13D,14D,15D,22D,23D,24D,25D;. The van der Waals surface area contributed by atoms with Crippen LogP contribution in [0.25, 0.3) is 94.5 Å². The van der Waals surface area contributed by atoms with Crippen molar-refractivity contribution in [2.75, 3.05) is 0 Å². The maximum atomic E-state index is 9.09. The molecule has 0 aliphatic carbocycles. The van der Waals surface area contributed by atoms with Gasteiger partial charge in [0, 0.05) is 49.8 Å². The number of aromatic nitrogens is 4. The molecule has 12 rings (SSSR count). The smallest absolute Gasteiger partial charge is 0.268 e. The van der Waals surface area contributed by atoms with Gasteiger partial charge in [0.2, 0.25) is 0 Å². The number of imidazole rings is 1. The van der Waals surface area contributed by atoms with E-state index in [1.165, 1.54) is 11.1 Å². The van der Waals surface area contributed by atoms with Gasteiger partial charge in [-0.25, -0.2) is 4.98 Å². The Morgan fingerprint density at radius 1 is 0.560 bits per heavy atom. The van der Waals surface area contributed by atoms with Crippen molar-refractivity contribution in [2.24, 2.45) is 5.41 Å². The first-order valence-corrected chi connectivity index (χ1v) is 24.7. The number of para-hydroxylation sites is 3. The monoisotopic (exact) mass is 1160 g/mol. The van der Waals surface area contributed by atoms with Crippen LogP contribution in [0.3, 0.4) is 0 Å². The second kappa shape index (κ2) is 20.0. The van der Waals surface area contributed by atoms with Crippen LogP contribution in [-0.4, -0.2) is 14.1 Å². The third-order valence-corrected chi connectivity index (χ3v) is 13.3. The molecule has 370 valence electrons. The van der Waals surface area contributed by atoms with Crippen LogP contribution in [0.15, 0.2) is 218 Å². The van der Waals surface area contributed by atoms with Crippen molar-refractivity contribution in [3.8, 4) is 73.2 Å². The van der Waals surface area contributed by atoms with Crippen LogP contribution < -0.4 is 9.30 Å². The number of rotatable bonds is 10. The molecule has 0 amide bonds. The predicted molar refractivity (Wildman–Crippen MR) is 304 cm³/mol. The molecule has 0 saturated carbocycles. The summed E-state index contributed by atoms with van der Waals surface area (Å²) in [6, 6.07) is 51.1. The number of hydrogen-bond donors (Lipinski definition) is 0. The average Bonchev–Trinajstić information content (AvgIpc) is 2.14. The van der Waals surface area contributed by atoms with Crippen LogP contribution in [-0.2, 0) is 32.9 Å². The molecule has 0 aliphatic rings. The number of nitrogens with zero attached hydrogens (tertiary/aromatic N) is 4. The third kappa shape index (κ3) is 9.66. The molecular weight excluding hydrogens is 1100 g/mol. The van der Waals surface area contributed by atoms with E-state index in [-0.39, 0.29) is 59.8 Å². The largest absolute Gasteiger partial charge is 0.510 e. The first-order chi connectivity index (χ1) is 40.1. The van der Waals surface area contributed by atoms with Crippen molar-refractivity contribution in [3.63, 3.8) is 0 Å². The fourth-order valence-electron chi connectivity index (χ4n) is 9.87. The molecule has 0 fully saturated rings. The zero-order valence-electron chi connectivity index (χ0n) is 52.2. The molecule has 0 N–H and O–H groups in total. The summed E-state index contributed by atoms with van der Waals surface area (Å²) in [5.74, 6) is 1.51. The Morgan fingerprint density at radius 2 is 1.21 bits per heavy atom. The molecule has 12 aromatic rings. The van der Waals surface area contributed by atoms with Crippen molar-refractivity contribution in [3.05, 3.63) is 248 Å². The molecule has 0 atom stereocenters. The normalized spacial score (nSPS) is 13.7. The summed E-state index contributed by atoms with van der Waals surface area (Å²) in [5, 5.41) is 1.98. The van der Waals surface area contributed by atoms with Gasteiger partial charge in [0.1, 0.15) is 5.82 Å². The molecule has 0 unspecified atom stereocenters. The zero-order chi connectivity index (χ0) is 59.3. The van der Waals surface area contributed by atoms with Gasteiger partial charge in [-0.05, 0) is 90.5 Å². The molecule has 0 spiro atoms. The Bertz CT molecular complexity index is 4500. The summed E-state index contributed by atoms with van der Waals surface area (Å²) in [7, 11) is 0. The summed E-state index contributed by atoms with van der Waals surface area (Å²) >= 11 is 0. The summed E-state index contributed by atoms with van der Waals surface area (Å²) in [6.07, 6.45) is 6.24. The van der Waals surface area contributed by atoms with E-state index in [2.05, 4.69) is 131 Å². The Kier molecular flexibility index (Phi) is 10.2. The molecule has 0 aliphatic heterocycles. The van der Waals surface area contributed by atoms with Gasteiger partial charge in [-0.3, -0.25) is 4.57 Å². The fourth-order valence-corrected chi connectivity index (χ4v) is 9.87. The summed E-state index contributed by atoms with van der Waals surface area (Å²) < 4.78 is 99.9. The number of pyridine rings is 1. The molecule has 3 aromatic heterocycles. The number of ether oxygens (including phenoxy) is 1. The molecule has 75 heavy (non-hydrogen) atoms. The van der Waals surface area contributed by atoms with Crippen LogP contribution in [0.4, 0.5) is 0 Å². The maximum absolute atomic E-state index is 9.09. The molecule has 6 heteroatoms. The molecule has 5 nitrogen and oxygen atoms in total. The van der Waals surface area contributed by atoms with E-state index in [0.29, 0.717) is 28.2 Å². The minimum atomic E-state index is -0.575. The molecule has 0 radical (unpaired) electrons. The van der Waals surface area contributed by atoms with E-state index < -0.39 is 60.4 Å². The van der Waals surface area contributed by atoms with E-state index in [0.717, 1.165) is 56.3 Å². The summed E-state index contributed by atoms with van der Waals surface area (Å²) in [6.45, 7) is 13.4. The Hall–Kier alpha value is -8.11. The van der Waals surface area contributed by atoms with Crippen molar-refractivity contribution in [1.82, 2.24) is 14.1 Å². The van der Waals surface area contributed by atoms with E-state index in [4.69, 9.17) is 23.4 Å². The first-order valence-electron chi connectivity index (χ1n) is 29.7. The maximum Gasteiger partial charge on any atom is 0.268 e. The molecule has 0 saturated heterocycles. The molecule has 3 heterocycles. The van der Waals surface area contributed by atoms with Crippen LogP contribution in [0, 0.1) is 23.9 Å². The van der Waals surface area contributed by atoms with Gasteiger partial charge < -0.3 is 13.9 Å². The second-order valence-electron chi connectivity index (χ2n) is 20.7. The van der Waals surface area contributed by atoms with Gasteiger partial charge in [-0.15, -0.1) is 29.7 Å². The predicted octanol–water partition coefficient (Wildman–Crippen LogP) is 17.1. The number of fused-ring (bicyclic) bond motifs is 4. The fraction of sp³-hybridized carbons (Fsp3) is 0.130. The van der Waals surface area contributed by atoms with Gasteiger partial charge >= 0.3 is 0 Å². The minimum absolute atomic E-state index is 0. The SMILES string of the molecule is [2H]c1c([2H])c([2H])c(-c2cccc(-c3c([2H])c([2H])c([2H])c([2H])c3[2H])c2-[n+]2[c-]n(-c3[c-]c(Oc4[c-]c5c(cc4)c4cc(-c6ccccc6)ccc4n5-c4cc(CC(C)(C)C)c(-c5ccc(C(C)(C)C)cc5)cn4)ccc3)c3ccccc32)c([2H])c1[2H].[Pt]. The van der Waals surface area contributed by atoms with E-state index in [9.17, 15) is 0 Å². The Morgan fingerprint density at radius 3 is 1.91 bits per heavy atom. The van der Waals surface area contributed by atoms with E-state index in [1.807, 2.05) is 66.9 Å². The van der Waals surface area contributed by atoms with Gasteiger partial charge in [0.15, 0.2) is 0 Å². The summed E-state index contributed by atoms with van der Waals surface area (Å²) in [4.78, 5) is 5.23. The third-order valence-electron chi connectivity index (χ3n) is 13.3. The van der Waals surface area contributed by atoms with Gasteiger partial charge in [-0.1, -0.05) is 217 Å². The van der Waals surface area contributed by atoms with Crippen molar-refractivity contribution >= 4 is 32.8 Å². The number of benzene rings is 9. The molecular formula is C69H56N4OPt-2. The molecule has 9 aromatic carbocycles. The second-order valence-corrected chi connectivity index (χ2v) is 20.7. The van der Waals surface area contributed by atoms with Crippen molar-refractivity contribution in [2.45, 2.75) is 53.4 Å². The van der Waals surface area contributed by atoms with E-state index in [1.54, 1.807) is 33.4 Å². The topological polar surface area (TPSA) is 35.9 Å². The van der Waals surface area contributed by atoms with Gasteiger partial charge in [0.25, 0.3) is 6.33 Å². The van der Waals surface area contributed by atoms with Gasteiger partial charge in [-0.2, -0.15) is 18.2 Å². The zero-order valence-corrected chi connectivity index (χ0v) is 44.5. The summed E-state index contributed by atoms with van der Waals surface area (Å²) in [5.41, 5.74) is 10.2. The quantitative estimate of drug-likeness (QED) is 0.101. The minimum Gasteiger partial charge on any atom is -0.510 e. The average molecular weight is 1160 g/mol. The van der Waals surface area contributed by atoms with Crippen LogP contribution in [0.2, 0.25) is 0 Å². The van der Waals surface area contributed by atoms with Crippen LogP contribution in [0.5, 0.6) is 11.5 Å². The van der Waals surface area contributed by atoms with Gasteiger partial charge in [0.05, 0.1) is 30.4 Å². The Labute approximate surface area is 468 Å². The van der Waals surface area contributed by atoms with Crippen molar-refractivity contribution in [1.29, 1.82) is 0 Å². The first kappa shape index (κ1) is 38.5. The Balaban J connectivity index is 0.00000752. The number of hydrogen-bond acceptors (Lipinski definition) is 2.